The summed E-state index contributed by atoms with van der Waals surface area (Å²) in [5.41, 5.74) is 7.85. The molecule has 2 heterocycles. The number of anilines is 1. The number of nitrogens with one attached hydrogen (secondary N) is 1. The zero-order chi connectivity index (χ0) is 18.4. The molecule has 1 aliphatic heterocycles. The maximum absolute atomic E-state index is 13.3. The van der Waals surface area contributed by atoms with E-state index in [1.54, 1.807) is 11.0 Å². The summed E-state index contributed by atoms with van der Waals surface area (Å²) in [4.78, 5) is 26.0. The highest BCUT2D eigenvalue weighted by atomic mass is 35.5. The molecule has 0 unspecified atom stereocenters. The standard InChI is InChI=1S/C18H18ClFN4O2/c19-15-14(17(21)25)13-9-23(6-7-24(13)16(15)10-4-5-10)18(26)22-12-3-1-2-11(20)8-12/h1-3,8,10H,4-7,9H2,(H2,21,25)(H,22,26). The number of hydrogen-bond donors (Lipinski definition) is 2. The van der Waals surface area contributed by atoms with Gasteiger partial charge in [-0.05, 0) is 31.0 Å². The lowest BCUT2D eigenvalue weighted by molar-refractivity contribution is 0.0997. The van der Waals surface area contributed by atoms with Gasteiger partial charge in [0.05, 0.1) is 22.8 Å². The van der Waals surface area contributed by atoms with E-state index in [0.29, 0.717) is 41.0 Å². The van der Waals surface area contributed by atoms with Gasteiger partial charge in [0.1, 0.15) is 5.82 Å². The molecule has 0 atom stereocenters. The molecular formula is C18H18ClFN4O2. The summed E-state index contributed by atoms with van der Waals surface area (Å²) >= 11 is 6.44. The number of rotatable bonds is 3. The van der Waals surface area contributed by atoms with Gasteiger partial charge in [0.2, 0.25) is 0 Å². The lowest BCUT2D eigenvalue weighted by Gasteiger charge is -2.30. The minimum absolute atomic E-state index is 0.228. The van der Waals surface area contributed by atoms with E-state index < -0.39 is 11.7 Å². The molecular weight excluding hydrogens is 359 g/mol. The number of nitrogens with two attached hydrogens (primary N) is 1. The second-order valence-electron chi connectivity index (χ2n) is 6.67. The second kappa shape index (κ2) is 6.32. The Morgan fingerprint density at radius 1 is 1.27 bits per heavy atom. The van der Waals surface area contributed by atoms with Crippen molar-refractivity contribution >= 4 is 29.2 Å². The zero-order valence-corrected chi connectivity index (χ0v) is 14.7. The second-order valence-corrected chi connectivity index (χ2v) is 7.05. The van der Waals surface area contributed by atoms with Crippen LogP contribution in [0.15, 0.2) is 24.3 Å². The fraction of sp³-hybridized carbons (Fsp3) is 0.333. The molecule has 1 aromatic heterocycles. The van der Waals surface area contributed by atoms with Gasteiger partial charge in [-0.3, -0.25) is 4.79 Å². The van der Waals surface area contributed by atoms with Gasteiger partial charge in [-0.2, -0.15) is 0 Å². The Morgan fingerprint density at radius 3 is 2.69 bits per heavy atom. The lowest BCUT2D eigenvalue weighted by atomic mass is 10.2. The first-order chi connectivity index (χ1) is 12.5. The smallest absolute Gasteiger partial charge is 0.322 e. The first kappa shape index (κ1) is 16.9. The van der Waals surface area contributed by atoms with Crippen LogP contribution in [0.5, 0.6) is 0 Å². The number of urea groups is 1. The third-order valence-electron chi connectivity index (χ3n) is 4.86. The van der Waals surface area contributed by atoms with Crippen LogP contribution in [0.2, 0.25) is 5.02 Å². The normalized spacial score (nSPS) is 16.3. The van der Waals surface area contributed by atoms with Crippen LogP contribution < -0.4 is 11.1 Å². The molecule has 1 aromatic carbocycles. The molecule has 4 rings (SSSR count). The van der Waals surface area contributed by atoms with Crippen LogP contribution in [-0.4, -0.2) is 28.0 Å². The molecule has 1 fully saturated rings. The van der Waals surface area contributed by atoms with E-state index in [0.717, 1.165) is 18.5 Å². The van der Waals surface area contributed by atoms with Gasteiger partial charge in [-0.1, -0.05) is 17.7 Å². The first-order valence-corrected chi connectivity index (χ1v) is 8.85. The Kier molecular flexibility index (Phi) is 4.11. The van der Waals surface area contributed by atoms with Crippen molar-refractivity contribution in [1.82, 2.24) is 9.47 Å². The molecule has 8 heteroatoms. The Balaban J connectivity index is 1.60. The fourth-order valence-corrected chi connectivity index (χ4v) is 3.96. The van der Waals surface area contributed by atoms with Crippen molar-refractivity contribution in [3.05, 3.63) is 52.1 Å². The highest BCUT2D eigenvalue weighted by molar-refractivity contribution is 6.35. The quantitative estimate of drug-likeness (QED) is 0.861. The molecule has 136 valence electrons. The Bertz CT molecular complexity index is 907. The van der Waals surface area contributed by atoms with Crippen molar-refractivity contribution in [1.29, 1.82) is 0 Å². The van der Waals surface area contributed by atoms with Crippen LogP contribution in [0, 0.1) is 5.82 Å². The molecule has 1 aliphatic carbocycles. The van der Waals surface area contributed by atoms with Crippen LogP contribution in [0.25, 0.3) is 0 Å². The van der Waals surface area contributed by atoms with E-state index in [1.165, 1.54) is 18.2 Å². The summed E-state index contributed by atoms with van der Waals surface area (Å²) in [6.07, 6.45) is 2.09. The average Bonchev–Trinajstić information content (AvgIpc) is 3.36. The minimum atomic E-state index is -0.585. The van der Waals surface area contributed by atoms with E-state index in [-0.39, 0.29) is 12.6 Å². The topological polar surface area (TPSA) is 80.4 Å². The third-order valence-corrected chi connectivity index (χ3v) is 5.24. The van der Waals surface area contributed by atoms with Gasteiger partial charge in [-0.15, -0.1) is 0 Å². The van der Waals surface area contributed by atoms with Crippen LogP contribution in [0.4, 0.5) is 14.9 Å². The maximum Gasteiger partial charge on any atom is 0.322 e. The molecule has 3 N–H and O–H groups in total. The number of hydrogen-bond acceptors (Lipinski definition) is 2. The summed E-state index contributed by atoms with van der Waals surface area (Å²) in [7, 11) is 0. The predicted molar refractivity (Wildman–Crippen MR) is 95.8 cm³/mol. The summed E-state index contributed by atoms with van der Waals surface area (Å²) in [6.45, 7) is 1.24. The van der Waals surface area contributed by atoms with Crippen molar-refractivity contribution in [2.45, 2.75) is 31.8 Å². The van der Waals surface area contributed by atoms with E-state index in [2.05, 4.69) is 5.32 Å². The van der Waals surface area contributed by atoms with Crippen LogP contribution in [-0.2, 0) is 13.1 Å². The predicted octanol–water partition coefficient (Wildman–Crippen LogP) is 3.30. The maximum atomic E-state index is 13.3. The number of fused-ring (bicyclic) bond motifs is 1. The van der Waals surface area contributed by atoms with Gasteiger partial charge < -0.3 is 20.5 Å². The van der Waals surface area contributed by atoms with E-state index in [4.69, 9.17) is 17.3 Å². The summed E-state index contributed by atoms with van der Waals surface area (Å²) in [5, 5.41) is 3.10. The molecule has 6 nitrogen and oxygen atoms in total. The van der Waals surface area contributed by atoms with Crippen LogP contribution in [0.3, 0.4) is 0 Å². The van der Waals surface area contributed by atoms with Gasteiger partial charge in [0.15, 0.2) is 0 Å². The van der Waals surface area contributed by atoms with Crippen molar-refractivity contribution in [3.8, 4) is 0 Å². The van der Waals surface area contributed by atoms with Crippen LogP contribution in [0.1, 0.15) is 40.5 Å². The molecule has 0 radical (unpaired) electrons. The van der Waals surface area contributed by atoms with E-state index in [9.17, 15) is 14.0 Å². The molecule has 2 aliphatic rings. The molecule has 0 bridgehead atoms. The van der Waals surface area contributed by atoms with Gasteiger partial charge in [0, 0.05) is 30.4 Å². The molecule has 0 spiro atoms. The Morgan fingerprint density at radius 2 is 2.04 bits per heavy atom. The highest BCUT2D eigenvalue weighted by Gasteiger charge is 2.37. The Labute approximate surface area is 154 Å². The number of aromatic nitrogens is 1. The van der Waals surface area contributed by atoms with Gasteiger partial charge in [-0.25, -0.2) is 9.18 Å². The van der Waals surface area contributed by atoms with Crippen LogP contribution >= 0.6 is 11.6 Å². The van der Waals surface area contributed by atoms with Crippen molar-refractivity contribution in [3.63, 3.8) is 0 Å². The van der Waals surface area contributed by atoms with Crippen molar-refractivity contribution in [2.24, 2.45) is 5.73 Å². The van der Waals surface area contributed by atoms with Gasteiger partial charge in [0.25, 0.3) is 5.91 Å². The number of benzene rings is 1. The minimum Gasteiger partial charge on any atom is -0.365 e. The molecule has 26 heavy (non-hydrogen) atoms. The SMILES string of the molecule is NC(=O)c1c(Cl)c(C2CC2)n2c1CN(C(=O)Nc1cccc(F)c1)CC2. The van der Waals surface area contributed by atoms with Gasteiger partial charge >= 0.3 is 6.03 Å². The largest absolute Gasteiger partial charge is 0.365 e. The molecule has 3 amide bonds. The first-order valence-electron chi connectivity index (χ1n) is 8.47. The lowest BCUT2D eigenvalue weighted by Crippen LogP contribution is -2.41. The number of carbonyl (C=O) groups excluding carboxylic acids is 2. The number of nitrogens with zero attached hydrogens (tertiary/aromatic N) is 2. The fourth-order valence-electron chi connectivity index (χ4n) is 3.50. The number of amides is 3. The highest BCUT2D eigenvalue weighted by Crippen LogP contribution is 2.46. The third kappa shape index (κ3) is 2.92. The number of primary amides is 1. The summed E-state index contributed by atoms with van der Waals surface area (Å²) in [6, 6.07) is 5.34. The van der Waals surface area contributed by atoms with Crippen molar-refractivity contribution in [2.75, 3.05) is 11.9 Å². The molecule has 0 saturated heterocycles. The monoisotopic (exact) mass is 376 g/mol. The summed E-state index contributed by atoms with van der Waals surface area (Å²) < 4.78 is 15.3. The van der Waals surface area contributed by atoms with E-state index in [1.807, 2.05) is 4.57 Å². The molecule has 2 aromatic rings. The van der Waals surface area contributed by atoms with E-state index >= 15 is 0 Å². The number of carbonyl (C=O) groups is 2. The number of halogens is 2. The summed E-state index contributed by atoms with van der Waals surface area (Å²) in [5.74, 6) is -0.646. The molecule has 1 saturated carbocycles. The van der Waals surface area contributed by atoms with Crippen molar-refractivity contribution < 1.29 is 14.0 Å². The Hall–Kier alpha value is -2.54. The average molecular weight is 377 g/mol. The zero-order valence-electron chi connectivity index (χ0n) is 14.0.